The Labute approximate surface area is 114 Å². The van der Waals surface area contributed by atoms with Crippen molar-refractivity contribution in [2.24, 2.45) is 0 Å². The summed E-state index contributed by atoms with van der Waals surface area (Å²) in [6.07, 6.45) is 7.06. The summed E-state index contributed by atoms with van der Waals surface area (Å²) in [5.74, 6) is 0. The average molecular weight is 250 g/mol. The van der Waals surface area contributed by atoms with Crippen LogP contribution in [0.5, 0.6) is 0 Å². The lowest BCUT2D eigenvalue weighted by atomic mass is 10.1. The molecule has 1 unspecified atom stereocenters. The van der Waals surface area contributed by atoms with E-state index in [9.17, 15) is 5.11 Å². The van der Waals surface area contributed by atoms with Gasteiger partial charge >= 0.3 is 0 Å². The van der Waals surface area contributed by atoms with Crippen LogP contribution < -0.4 is 0 Å². The standard InChI is InChI=1S/C18H18O/c1-15-8-7-12-17(14-15)18(19)13-6-5-11-16-9-3-2-4-10-16/h2-14,18-19H,1H3/b11-5+,13-6-. The third-order valence-electron chi connectivity index (χ3n) is 2.88. The Balaban J connectivity index is 1.97. The SMILES string of the molecule is Cc1cccc(C(O)/C=C\C=C\c2ccccc2)c1. The smallest absolute Gasteiger partial charge is 0.0974 e. The van der Waals surface area contributed by atoms with Crippen LogP contribution in [0.15, 0.2) is 72.8 Å². The summed E-state index contributed by atoms with van der Waals surface area (Å²) in [4.78, 5) is 0. The van der Waals surface area contributed by atoms with E-state index in [2.05, 4.69) is 0 Å². The fourth-order valence-corrected chi connectivity index (χ4v) is 1.87. The molecule has 1 nitrogen and oxygen atoms in total. The number of allylic oxidation sites excluding steroid dienone is 2. The van der Waals surface area contributed by atoms with Crippen molar-refractivity contribution in [3.8, 4) is 0 Å². The first-order chi connectivity index (χ1) is 9.25. The van der Waals surface area contributed by atoms with Crippen LogP contribution >= 0.6 is 0 Å². The highest BCUT2D eigenvalue weighted by Crippen LogP contribution is 2.15. The van der Waals surface area contributed by atoms with Crippen LogP contribution in [0.1, 0.15) is 22.8 Å². The summed E-state index contributed by atoms with van der Waals surface area (Å²) in [6.45, 7) is 2.02. The molecule has 0 amide bonds. The van der Waals surface area contributed by atoms with Gasteiger partial charge in [0.05, 0.1) is 6.10 Å². The van der Waals surface area contributed by atoms with Crippen LogP contribution in [0.3, 0.4) is 0 Å². The topological polar surface area (TPSA) is 20.2 Å². The number of aryl methyl sites for hydroxylation is 1. The number of benzene rings is 2. The first kappa shape index (κ1) is 13.3. The van der Waals surface area contributed by atoms with Gasteiger partial charge in [0, 0.05) is 0 Å². The zero-order valence-corrected chi connectivity index (χ0v) is 11.0. The van der Waals surface area contributed by atoms with Gasteiger partial charge in [0.15, 0.2) is 0 Å². The molecule has 0 saturated heterocycles. The van der Waals surface area contributed by atoms with E-state index in [0.717, 1.165) is 16.7 Å². The molecule has 2 aromatic carbocycles. The van der Waals surface area contributed by atoms with Gasteiger partial charge in [0.1, 0.15) is 0 Å². The number of hydrogen-bond acceptors (Lipinski definition) is 1. The molecule has 0 heterocycles. The molecule has 0 bridgehead atoms. The van der Waals surface area contributed by atoms with Crippen LogP contribution in [0.25, 0.3) is 6.08 Å². The molecule has 0 radical (unpaired) electrons. The molecule has 96 valence electrons. The molecule has 0 aromatic heterocycles. The van der Waals surface area contributed by atoms with Crippen molar-refractivity contribution in [3.63, 3.8) is 0 Å². The van der Waals surface area contributed by atoms with Gasteiger partial charge in [-0.25, -0.2) is 0 Å². The van der Waals surface area contributed by atoms with Crippen LogP contribution in [0.4, 0.5) is 0 Å². The van der Waals surface area contributed by atoms with Crippen molar-refractivity contribution in [2.45, 2.75) is 13.0 Å². The van der Waals surface area contributed by atoms with Crippen molar-refractivity contribution < 1.29 is 5.11 Å². The van der Waals surface area contributed by atoms with Gasteiger partial charge in [0.2, 0.25) is 0 Å². The molecule has 0 aliphatic heterocycles. The van der Waals surface area contributed by atoms with E-state index >= 15 is 0 Å². The molecule has 0 aliphatic carbocycles. The summed E-state index contributed by atoms with van der Waals surface area (Å²) in [7, 11) is 0. The van der Waals surface area contributed by atoms with Crippen molar-refractivity contribution in [1.82, 2.24) is 0 Å². The maximum Gasteiger partial charge on any atom is 0.0974 e. The van der Waals surface area contributed by atoms with Crippen LogP contribution in [-0.4, -0.2) is 5.11 Å². The lowest BCUT2D eigenvalue weighted by Gasteiger charge is -2.05. The maximum absolute atomic E-state index is 10.0. The third kappa shape index (κ3) is 4.23. The van der Waals surface area contributed by atoms with Crippen LogP contribution in [0, 0.1) is 6.92 Å². The highest BCUT2D eigenvalue weighted by molar-refractivity contribution is 5.50. The second-order valence-electron chi connectivity index (χ2n) is 4.51. The van der Waals surface area contributed by atoms with E-state index in [1.54, 1.807) is 6.08 Å². The van der Waals surface area contributed by atoms with E-state index < -0.39 is 6.10 Å². The van der Waals surface area contributed by atoms with Crippen LogP contribution in [0.2, 0.25) is 0 Å². The predicted molar refractivity (Wildman–Crippen MR) is 80.8 cm³/mol. The summed E-state index contributed by atoms with van der Waals surface area (Å²) in [5, 5.41) is 10.0. The predicted octanol–water partition coefficient (Wildman–Crippen LogP) is 4.30. The minimum Gasteiger partial charge on any atom is -0.384 e. The van der Waals surface area contributed by atoms with Crippen molar-refractivity contribution in [1.29, 1.82) is 0 Å². The van der Waals surface area contributed by atoms with Gasteiger partial charge in [0.25, 0.3) is 0 Å². The second kappa shape index (κ2) is 6.72. The van der Waals surface area contributed by atoms with E-state index in [4.69, 9.17) is 0 Å². The summed E-state index contributed by atoms with van der Waals surface area (Å²) in [5.41, 5.74) is 3.23. The molecule has 2 rings (SSSR count). The third-order valence-corrected chi connectivity index (χ3v) is 2.88. The molecule has 0 fully saturated rings. The first-order valence-corrected chi connectivity index (χ1v) is 6.40. The molecular formula is C18H18O. The Bertz CT molecular complexity index is 567. The van der Waals surface area contributed by atoms with Crippen molar-refractivity contribution >= 4 is 6.08 Å². The number of aliphatic hydroxyl groups excluding tert-OH is 1. The molecule has 1 N–H and O–H groups in total. The van der Waals surface area contributed by atoms with Gasteiger partial charge < -0.3 is 5.11 Å². The molecule has 0 aliphatic rings. The van der Waals surface area contributed by atoms with Crippen molar-refractivity contribution in [3.05, 3.63) is 89.5 Å². The summed E-state index contributed by atoms with van der Waals surface area (Å²) >= 11 is 0. The Kier molecular flexibility index (Phi) is 4.71. The van der Waals surface area contributed by atoms with E-state index in [1.165, 1.54) is 0 Å². The quantitative estimate of drug-likeness (QED) is 0.802. The fraction of sp³-hybridized carbons (Fsp3) is 0.111. The van der Waals surface area contributed by atoms with E-state index in [-0.39, 0.29) is 0 Å². The molecule has 2 aromatic rings. The normalized spacial score (nSPS) is 13.2. The molecule has 0 spiro atoms. The lowest BCUT2D eigenvalue weighted by Crippen LogP contribution is -1.92. The largest absolute Gasteiger partial charge is 0.384 e. The molecule has 19 heavy (non-hydrogen) atoms. The Morgan fingerprint density at radius 1 is 0.947 bits per heavy atom. The molecule has 1 heteroatoms. The number of aliphatic hydroxyl groups is 1. The van der Waals surface area contributed by atoms with Crippen LogP contribution in [-0.2, 0) is 0 Å². The van der Waals surface area contributed by atoms with Gasteiger partial charge in [-0.05, 0) is 18.1 Å². The highest BCUT2D eigenvalue weighted by atomic mass is 16.3. The zero-order valence-electron chi connectivity index (χ0n) is 11.0. The highest BCUT2D eigenvalue weighted by Gasteiger charge is 2.01. The lowest BCUT2D eigenvalue weighted by molar-refractivity contribution is 0.228. The van der Waals surface area contributed by atoms with Gasteiger partial charge in [-0.1, -0.05) is 84.5 Å². The maximum atomic E-state index is 10.0. The van der Waals surface area contributed by atoms with E-state index in [0.29, 0.717) is 0 Å². The van der Waals surface area contributed by atoms with Gasteiger partial charge in [-0.15, -0.1) is 0 Å². The minimum atomic E-state index is -0.555. The van der Waals surface area contributed by atoms with Crippen molar-refractivity contribution in [2.75, 3.05) is 0 Å². The second-order valence-corrected chi connectivity index (χ2v) is 4.51. The Morgan fingerprint density at radius 2 is 1.74 bits per heavy atom. The Hall–Kier alpha value is -2.12. The Morgan fingerprint density at radius 3 is 2.47 bits per heavy atom. The average Bonchev–Trinajstić information content (AvgIpc) is 2.44. The monoisotopic (exact) mass is 250 g/mol. The number of rotatable bonds is 4. The number of hydrogen-bond donors (Lipinski definition) is 1. The van der Waals surface area contributed by atoms with Gasteiger partial charge in [-0.2, -0.15) is 0 Å². The fourth-order valence-electron chi connectivity index (χ4n) is 1.87. The van der Waals surface area contributed by atoms with E-state index in [1.807, 2.05) is 79.7 Å². The molecule has 0 saturated carbocycles. The minimum absolute atomic E-state index is 0.555. The summed E-state index contributed by atoms with van der Waals surface area (Å²) in [6, 6.07) is 18.0. The zero-order chi connectivity index (χ0) is 13.5. The summed E-state index contributed by atoms with van der Waals surface area (Å²) < 4.78 is 0. The first-order valence-electron chi connectivity index (χ1n) is 6.40. The molecule has 1 atom stereocenters. The molecular weight excluding hydrogens is 232 g/mol. The van der Waals surface area contributed by atoms with Gasteiger partial charge in [-0.3, -0.25) is 0 Å².